The summed E-state index contributed by atoms with van der Waals surface area (Å²) in [5.74, 6) is -0.312. The third-order valence-corrected chi connectivity index (χ3v) is 1.32. The van der Waals surface area contributed by atoms with Gasteiger partial charge in [0.25, 0.3) is 5.91 Å². The normalized spacial score (nSPS) is 9.92. The van der Waals surface area contributed by atoms with E-state index in [1.807, 2.05) is 18.2 Å². The highest BCUT2D eigenvalue weighted by molar-refractivity contribution is 6.31. The summed E-state index contributed by atoms with van der Waals surface area (Å²) < 4.78 is 0. The molecule has 1 rings (SSSR count). The highest BCUT2D eigenvalue weighted by atomic mass is 16.6. The molecule has 0 aliphatic carbocycles. The van der Waals surface area contributed by atoms with Gasteiger partial charge >= 0.3 is 0 Å². The van der Waals surface area contributed by atoms with Crippen molar-refractivity contribution in [3.8, 4) is 0 Å². The predicted octanol–water partition coefficient (Wildman–Crippen LogP) is 1.26. The van der Waals surface area contributed by atoms with Crippen molar-refractivity contribution in [2.75, 3.05) is 12.4 Å². The first-order chi connectivity index (χ1) is 6.33. The average molecular weight is 178 g/mol. The van der Waals surface area contributed by atoms with Crippen LogP contribution < -0.4 is 5.32 Å². The Balaban J connectivity index is 2.50. The van der Waals surface area contributed by atoms with E-state index in [0.29, 0.717) is 0 Å². The fourth-order valence-electron chi connectivity index (χ4n) is 0.797. The molecule has 0 aromatic heterocycles. The first kappa shape index (κ1) is 9.25. The molecule has 0 fully saturated rings. The van der Waals surface area contributed by atoms with Crippen molar-refractivity contribution in [2.24, 2.45) is 5.16 Å². The Bertz CT molecular complexity index is 296. The van der Waals surface area contributed by atoms with Gasteiger partial charge in [0.15, 0.2) is 0 Å². The molecular formula is C9H10N2O2. The van der Waals surface area contributed by atoms with Crippen LogP contribution in [0.1, 0.15) is 0 Å². The van der Waals surface area contributed by atoms with E-state index in [0.717, 1.165) is 11.9 Å². The number of carbonyl (C=O) groups excluding carboxylic acids is 1. The van der Waals surface area contributed by atoms with Crippen LogP contribution in [0.25, 0.3) is 0 Å². The van der Waals surface area contributed by atoms with Crippen LogP contribution in [0.3, 0.4) is 0 Å². The van der Waals surface area contributed by atoms with Crippen LogP contribution in [0.5, 0.6) is 0 Å². The van der Waals surface area contributed by atoms with E-state index >= 15 is 0 Å². The second-order valence-electron chi connectivity index (χ2n) is 2.27. The number of benzene rings is 1. The minimum atomic E-state index is -0.312. The molecule has 4 heteroatoms. The van der Waals surface area contributed by atoms with Crippen molar-refractivity contribution >= 4 is 17.8 Å². The van der Waals surface area contributed by atoms with Crippen molar-refractivity contribution in [3.05, 3.63) is 30.3 Å². The number of carbonyl (C=O) groups is 1. The van der Waals surface area contributed by atoms with Crippen LogP contribution in [-0.2, 0) is 9.63 Å². The Morgan fingerprint density at radius 3 is 2.77 bits per heavy atom. The van der Waals surface area contributed by atoms with Gasteiger partial charge < -0.3 is 10.2 Å². The van der Waals surface area contributed by atoms with Crippen LogP contribution in [0, 0.1) is 0 Å². The molecule has 68 valence electrons. The van der Waals surface area contributed by atoms with Crippen molar-refractivity contribution in [2.45, 2.75) is 0 Å². The fraction of sp³-hybridized carbons (Fsp3) is 0.111. The van der Waals surface area contributed by atoms with E-state index in [2.05, 4.69) is 15.3 Å². The van der Waals surface area contributed by atoms with E-state index in [1.54, 1.807) is 12.1 Å². The zero-order chi connectivity index (χ0) is 9.52. The Morgan fingerprint density at radius 1 is 1.46 bits per heavy atom. The van der Waals surface area contributed by atoms with Crippen LogP contribution in [0.2, 0.25) is 0 Å². The third kappa shape index (κ3) is 3.37. The largest absolute Gasteiger partial charge is 0.399 e. The van der Waals surface area contributed by atoms with E-state index < -0.39 is 0 Å². The first-order valence-electron chi connectivity index (χ1n) is 3.75. The third-order valence-electron chi connectivity index (χ3n) is 1.32. The smallest absolute Gasteiger partial charge is 0.270 e. The molecule has 0 saturated heterocycles. The van der Waals surface area contributed by atoms with Gasteiger partial charge in [0, 0.05) is 5.69 Å². The maximum Gasteiger partial charge on any atom is 0.270 e. The van der Waals surface area contributed by atoms with Gasteiger partial charge in [-0.25, -0.2) is 0 Å². The molecule has 0 atom stereocenters. The monoisotopic (exact) mass is 178 g/mol. The van der Waals surface area contributed by atoms with E-state index in [9.17, 15) is 4.79 Å². The number of hydrogen-bond acceptors (Lipinski definition) is 3. The van der Waals surface area contributed by atoms with E-state index in [1.165, 1.54) is 7.11 Å². The highest BCUT2D eigenvalue weighted by Crippen LogP contribution is 2.03. The summed E-state index contributed by atoms with van der Waals surface area (Å²) in [5.41, 5.74) is 0.732. The number of rotatable bonds is 3. The summed E-state index contributed by atoms with van der Waals surface area (Å²) >= 11 is 0. The van der Waals surface area contributed by atoms with E-state index in [-0.39, 0.29) is 5.91 Å². The summed E-state index contributed by atoms with van der Waals surface area (Å²) in [6, 6.07) is 9.13. The van der Waals surface area contributed by atoms with Crippen molar-refractivity contribution < 1.29 is 9.63 Å². The van der Waals surface area contributed by atoms with Gasteiger partial charge in [-0.3, -0.25) is 4.79 Å². The molecule has 1 amide bonds. The lowest BCUT2D eigenvalue weighted by atomic mass is 10.3. The second kappa shape index (κ2) is 4.92. The van der Waals surface area contributed by atoms with Crippen LogP contribution in [-0.4, -0.2) is 19.2 Å². The van der Waals surface area contributed by atoms with Crippen LogP contribution >= 0.6 is 0 Å². The molecule has 0 radical (unpaired) electrons. The Labute approximate surface area is 76.2 Å². The predicted molar refractivity (Wildman–Crippen MR) is 50.6 cm³/mol. The lowest BCUT2D eigenvalue weighted by Crippen LogP contribution is -2.12. The van der Waals surface area contributed by atoms with Crippen molar-refractivity contribution in [3.63, 3.8) is 0 Å². The number of para-hydroxylation sites is 1. The van der Waals surface area contributed by atoms with Gasteiger partial charge in [0.1, 0.15) is 13.3 Å². The van der Waals surface area contributed by atoms with Gasteiger partial charge in [-0.05, 0) is 12.1 Å². The zero-order valence-corrected chi connectivity index (χ0v) is 7.23. The van der Waals surface area contributed by atoms with E-state index in [4.69, 9.17) is 0 Å². The maximum absolute atomic E-state index is 11.0. The minimum Gasteiger partial charge on any atom is -0.399 e. The molecule has 13 heavy (non-hydrogen) atoms. The molecule has 4 nitrogen and oxygen atoms in total. The highest BCUT2D eigenvalue weighted by Gasteiger charge is 1.96. The van der Waals surface area contributed by atoms with Crippen LogP contribution in [0.4, 0.5) is 5.69 Å². The number of anilines is 1. The summed E-state index contributed by atoms with van der Waals surface area (Å²) in [4.78, 5) is 15.4. The molecule has 0 bridgehead atoms. The summed E-state index contributed by atoms with van der Waals surface area (Å²) in [6.07, 6.45) is 1.08. The molecule has 0 saturated carbocycles. The Hall–Kier alpha value is -1.84. The number of hydrogen-bond donors (Lipinski definition) is 1. The van der Waals surface area contributed by atoms with Gasteiger partial charge in [-0.2, -0.15) is 0 Å². The minimum absolute atomic E-state index is 0.312. The molecule has 0 heterocycles. The van der Waals surface area contributed by atoms with Gasteiger partial charge in [-0.15, -0.1) is 0 Å². The number of nitrogens with one attached hydrogen (secondary N) is 1. The molecule has 1 N–H and O–H groups in total. The number of oxime groups is 1. The Morgan fingerprint density at radius 2 is 2.15 bits per heavy atom. The first-order valence-corrected chi connectivity index (χ1v) is 3.75. The van der Waals surface area contributed by atoms with Gasteiger partial charge in [0.05, 0.1) is 0 Å². The Kier molecular flexibility index (Phi) is 3.50. The molecule has 0 unspecified atom stereocenters. The maximum atomic E-state index is 11.0. The molecule has 0 aliphatic heterocycles. The average Bonchev–Trinajstić information content (AvgIpc) is 2.16. The molecular weight excluding hydrogens is 168 g/mol. The van der Waals surface area contributed by atoms with Crippen molar-refractivity contribution in [1.82, 2.24) is 0 Å². The molecule has 1 aromatic carbocycles. The quantitative estimate of drug-likeness (QED) is 0.559. The lowest BCUT2D eigenvalue weighted by Gasteiger charge is -1.99. The summed E-state index contributed by atoms with van der Waals surface area (Å²) in [5, 5.41) is 5.94. The zero-order valence-electron chi connectivity index (χ0n) is 7.23. The standard InChI is InChI=1S/C9H10N2O2/c1-13-10-7-9(12)11-8-5-3-2-4-6-8/h2-7H,1H3,(H,11,12)/b10-7-. The second-order valence-corrected chi connectivity index (χ2v) is 2.27. The fourth-order valence-corrected chi connectivity index (χ4v) is 0.797. The summed E-state index contributed by atoms with van der Waals surface area (Å²) in [6.45, 7) is 0. The number of nitrogens with zero attached hydrogens (tertiary/aromatic N) is 1. The topological polar surface area (TPSA) is 50.7 Å². The lowest BCUT2D eigenvalue weighted by molar-refractivity contribution is -0.110. The molecule has 1 aromatic rings. The summed E-state index contributed by atoms with van der Waals surface area (Å²) in [7, 11) is 1.38. The van der Waals surface area contributed by atoms with Gasteiger partial charge in [-0.1, -0.05) is 23.4 Å². The SMILES string of the molecule is CO/N=C\C(=O)Nc1ccccc1. The van der Waals surface area contributed by atoms with Crippen LogP contribution in [0.15, 0.2) is 35.5 Å². The van der Waals surface area contributed by atoms with Gasteiger partial charge in [0.2, 0.25) is 0 Å². The van der Waals surface area contributed by atoms with Crippen molar-refractivity contribution in [1.29, 1.82) is 0 Å². The molecule has 0 spiro atoms. The molecule has 0 aliphatic rings. The number of amides is 1.